The van der Waals surface area contributed by atoms with Crippen molar-refractivity contribution in [1.29, 1.82) is 0 Å². The van der Waals surface area contributed by atoms with E-state index in [4.69, 9.17) is 16.6 Å². The Kier molecular flexibility index (Phi) is 5.84. The molecule has 1 amide bonds. The van der Waals surface area contributed by atoms with Gasteiger partial charge < -0.3 is 9.88 Å². The molecular formula is C28H24ClN3O. The Morgan fingerprint density at radius 3 is 2.52 bits per heavy atom. The van der Waals surface area contributed by atoms with E-state index < -0.39 is 0 Å². The zero-order chi connectivity index (χ0) is 22.8. The highest BCUT2D eigenvalue weighted by Gasteiger charge is 2.19. The summed E-state index contributed by atoms with van der Waals surface area (Å²) in [6.45, 7) is 2.66. The molecular weight excluding hydrogens is 430 g/mol. The first-order valence-electron chi connectivity index (χ1n) is 11.0. The normalized spacial score (nSPS) is 12.2. The second kappa shape index (κ2) is 9.08. The molecule has 1 heterocycles. The number of amides is 1. The van der Waals surface area contributed by atoms with Crippen LogP contribution in [-0.4, -0.2) is 15.5 Å². The summed E-state index contributed by atoms with van der Waals surface area (Å²) in [5, 5.41) is 6.23. The van der Waals surface area contributed by atoms with Gasteiger partial charge in [0.1, 0.15) is 5.82 Å². The average molecular weight is 454 g/mol. The number of nitrogens with zero attached hydrogens (tertiary/aromatic N) is 2. The molecule has 0 aliphatic carbocycles. The number of aromatic nitrogens is 2. The lowest BCUT2D eigenvalue weighted by atomic mass is 10.0. The Balaban J connectivity index is 1.46. The number of rotatable bonds is 6. The molecule has 164 valence electrons. The fourth-order valence-electron chi connectivity index (χ4n) is 4.34. The molecule has 1 N–H and O–H groups in total. The number of imidazole rings is 1. The fraction of sp³-hybridized carbons (Fsp3) is 0.143. The number of hydrogen-bond acceptors (Lipinski definition) is 2. The summed E-state index contributed by atoms with van der Waals surface area (Å²) >= 11 is 5.96. The van der Waals surface area contributed by atoms with Crippen molar-refractivity contribution in [3.8, 4) is 0 Å². The molecule has 33 heavy (non-hydrogen) atoms. The minimum absolute atomic E-state index is 0.0476. The third kappa shape index (κ3) is 4.48. The number of benzene rings is 4. The van der Waals surface area contributed by atoms with E-state index in [2.05, 4.69) is 58.4 Å². The highest BCUT2D eigenvalue weighted by molar-refractivity contribution is 6.30. The van der Waals surface area contributed by atoms with Crippen LogP contribution in [0.15, 0.2) is 91.0 Å². The van der Waals surface area contributed by atoms with Crippen LogP contribution in [0.1, 0.15) is 29.9 Å². The molecule has 0 bridgehead atoms. The molecule has 0 fully saturated rings. The van der Waals surface area contributed by atoms with Gasteiger partial charge in [0, 0.05) is 5.02 Å². The molecule has 0 radical (unpaired) electrons. The van der Waals surface area contributed by atoms with Gasteiger partial charge in [0.05, 0.1) is 30.0 Å². The third-order valence-corrected chi connectivity index (χ3v) is 6.19. The second-order valence-corrected chi connectivity index (χ2v) is 8.71. The number of carbonyl (C=O) groups excluding carboxylic acids is 1. The van der Waals surface area contributed by atoms with E-state index in [1.54, 1.807) is 12.1 Å². The summed E-state index contributed by atoms with van der Waals surface area (Å²) in [5.74, 6) is 0.794. The highest BCUT2D eigenvalue weighted by atomic mass is 35.5. The molecule has 0 aliphatic heterocycles. The number of para-hydroxylation sites is 2. The molecule has 0 aliphatic rings. The van der Waals surface area contributed by atoms with Crippen molar-refractivity contribution in [2.45, 2.75) is 25.9 Å². The average Bonchev–Trinajstić information content (AvgIpc) is 3.19. The lowest BCUT2D eigenvalue weighted by Gasteiger charge is -2.17. The fourth-order valence-corrected chi connectivity index (χ4v) is 4.46. The topological polar surface area (TPSA) is 46.9 Å². The Bertz CT molecular complexity index is 1430. The predicted octanol–water partition coefficient (Wildman–Crippen LogP) is 6.31. The van der Waals surface area contributed by atoms with Crippen LogP contribution in [0.25, 0.3) is 21.8 Å². The van der Waals surface area contributed by atoms with Crippen molar-refractivity contribution >= 4 is 39.3 Å². The van der Waals surface area contributed by atoms with E-state index in [1.807, 2.05) is 37.3 Å². The number of halogens is 1. The number of fused-ring (bicyclic) bond motifs is 2. The third-order valence-electron chi connectivity index (χ3n) is 5.94. The van der Waals surface area contributed by atoms with Gasteiger partial charge in [0.2, 0.25) is 5.91 Å². The Hall–Kier alpha value is -3.63. The largest absolute Gasteiger partial charge is 0.346 e. The first-order valence-corrected chi connectivity index (χ1v) is 11.4. The number of nitrogens with one attached hydrogen (secondary N) is 1. The molecule has 0 saturated heterocycles. The van der Waals surface area contributed by atoms with Crippen molar-refractivity contribution in [1.82, 2.24) is 14.9 Å². The molecule has 0 saturated carbocycles. The first kappa shape index (κ1) is 21.2. The van der Waals surface area contributed by atoms with E-state index in [0.717, 1.165) is 22.4 Å². The number of hydrogen-bond donors (Lipinski definition) is 1. The van der Waals surface area contributed by atoms with Gasteiger partial charge in [-0.2, -0.15) is 0 Å². The summed E-state index contributed by atoms with van der Waals surface area (Å²) in [7, 11) is 0. The zero-order valence-electron chi connectivity index (χ0n) is 18.3. The Labute approximate surface area is 197 Å². The highest BCUT2D eigenvalue weighted by Crippen LogP contribution is 2.25. The summed E-state index contributed by atoms with van der Waals surface area (Å²) in [6.07, 6.45) is 0.297. The Morgan fingerprint density at radius 2 is 1.67 bits per heavy atom. The van der Waals surface area contributed by atoms with Gasteiger partial charge in [-0.25, -0.2) is 4.98 Å². The summed E-state index contributed by atoms with van der Waals surface area (Å²) in [4.78, 5) is 17.7. The van der Waals surface area contributed by atoms with Crippen LogP contribution in [0.2, 0.25) is 5.02 Å². The maximum absolute atomic E-state index is 12.8. The van der Waals surface area contributed by atoms with Crippen molar-refractivity contribution in [3.63, 3.8) is 0 Å². The van der Waals surface area contributed by atoms with Crippen LogP contribution in [0.3, 0.4) is 0 Å². The van der Waals surface area contributed by atoms with Crippen LogP contribution in [-0.2, 0) is 17.8 Å². The predicted molar refractivity (Wildman–Crippen MR) is 134 cm³/mol. The first-order chi connectivity index (χ1) is 16.1. The van der Waals surface area contributed by atoms with Crippen molar-refractivity contribution < 1.29 is 4.79 Å². The van der Waals surface area contributed by atoms with Crippen molar-refractivity contribution in [2.24, 2.45) is 0 Å². The van der Waals surface area contributed by atoms with Crippen LogP contribution < -0.4 is 5.32 Å². The van der Waals surface area contributed by atoms with Crippen LogP contribution >= 0.6 is 11.6 Å². The SMILES string of the molecule is CC(NC(=O)Cc1ccc(Cl)cc1)c1nc2ccccc2n1Cc1cccc2ccccc12. The van der Waals surface area contributed by atoms with E-state index >= 15 is 0 Å². The van der Waals surface area contributed by atoms with Gasteiger partial charge in [0.15, 0.2) is 0 Å². The van der Waals surface area contributed by atoms with E-state index in [0.29, 0.717) is 18.0 Å². The maximum Gasteiger partial charge on any atom is 0.224 e. The summed E-state index contributed by atoms with van der Waals surface area (Å²) in [5.41, 5.74) is 4.12. The van der Waals surface area contributed by atoms with Crippen LogP contribution in [0.4, 0.5) is 0 Å². The second-order valence-electron chi connectivity index (χ2n) is 8.28. The molecule has 4 nitrogen and oxygen atoms in total. The minimum atomic E-state index is -0.243. The number of carbonyl (C=O) groups is 1. The quantitative estimate of drug-likeness (QED) is 0.327. The van der Waals surface area contributed by atoms with Gasteiger partial charge in [-0.05, 0) is 53.1 Å². The molecule has 4 aromatic carbocycles. The standard InChI is InChI=1S/C28H24ClN3O/c1-19(30-27(33)17-20-13-15-23(29)16-14-20)28-31-25-11-4-5-12-26(25)32(28)18-22-9-6-8-21-7-2-3-10-24(21)22/h2-16,19H,17-18H2,1H3,(H,30,33). The van der Waals surface area contributed by atoms with Crippen LogP contribution in [0.5, 0.6) is 0 Å². The van der Waals surface area contributed by atoms with Crippen LogP contribution in [0, 0.1) is 0 Å². The van der Waals surface area contributed by atoms with Gasteiger partial charge >= 0.3 is 0 Å². The maximum atomic E-state index is 12.8. The van der Waals surface area contributed by atoms with Crippen molar-refractivity contribution in [2.75, 3.05) is 0 Å². The minimum Gasteiger partial charge on any atom is -0.346 e. The molecule has 5 aromatic rings. The lowest BCUT2D eigenvalue weighted by Crippen LogP contribution is -2.30. The molecule has 1 unspecified atom stereocenters. The summed E-state index contributed by atoms with van der Waals surface area (Å²) in [6, 6.07) is 30.0. The zero-order valence-corrected chi connectivity index (χ0v) is 19.1. The molecule has 5 heteroatoms. The van der Waals surface area contributed by atoms with Gasteiger partial charge in [-0.15, -0.1) is 0 Å². The van der Waals surface area contributed by atoms with Gasteiger partial charge in [-0.1, -0.05) is 78.3 Å². The van der Waals surface area contributed by atoms with Gasteiger partial charge in [0.25, 0.3) is 0 Å². The molecule has 5 rings (SSSR count). The van der Waals surface area contributed by atoms with E-state index in [-0.39, 0.29) is 11.9 Å². The van der Waals surface area contributed by atoms with Gasteiger partial charge in [-0.3, -0.25) is 4.79 Å². The van der Waals surface area contributed by atoms with E-state index in [9.17, 15) is 4.79 Å². The van der Waals surface area contributed by atoms with E-state index in [1.165, 1.54) is 16.3 Å². The molecule has 0 spiro atoms. The molecule has 1 atom stereocenters. The van der Waals surface area contributed by atoms with Crippen molar-refractivity contribution in [3.05, 3.63) is 113 Å². The Morgan fingerprint density at radius 1 is 0.939 bits per heavy atom. The molecule has 1 aromatic heterocycles. The smallest absolute Gasteiger partial charge is 0.224 e. The summed E-state index contributed by atoms with van der Waals surface area (Å²) < 4.78 is 2.21. The lowest BCUT2D eigenvalue weighted by molar-refractivity contribution is -0.121. The monoisotopic (exact) mass is 453 g/mol.